The molecule has 0 aromatic rings. The summed E-state index contributed by atoms with van der Waals surface area (Å²) < 4.78 is 0. The summed E-state index contributed by atoms with van der Waals surface area (Å²) in [4.78, 5) is 0. The van der Waals surface area contributed by atoms with Gasteiger partial charge in [-0.25, -0.2) is 0 Å². The summed E-state index contributed by atoms with van der Waals surface area (Å²) in [7, 11) is 0. The van der Waals surface area contributed by atoms with Gasteiger partial charge in [0.15, 0.2) is 0 Å². The minimum Gasteiger partial charge on any atom is -0.198 e. The highest BCUT2D eigenvalue weighted by Gasteiger charge is 2.26. The number of nitriles is 1. The highest BCUT2D eigenvalue weighted by molar-refractivity contribution is 4.97. The molecule has 156 valence electrons. The summed E-state index contributed by atoms with van der Waals surface area (Å²) in [6, 6.07) is 2.70. The Morgan fingerprint density at radius 1 is 0.630 bits per heavy atom. The van der Waals surface area contributed by atoms with Crippen molar-refractivity contribution in [2.24, 2.45) is 5.41 Å². The topological polar surface area (TPSA) is 23.8 Å². The van der Waals surface area contributed by atoms with Crippen molar-refractivity contribution in [2.45, 2.75) is 129 Å². The summed E-state index contributed by atoms with van der Waals surface area (Å²) in [6.45, 7) is 9.77. The third-order valence-corrected chi connectivity index (χ3v) is 6.04. The van der Waals surface area contributed by atoms with Gasteiger partial charge >= 0.3 is 0 Å². The fourth-order valence-corrected chi connectivity index (χ4v) is 3.94. The van der Waals surface area contributed by atoms with E-state index in [9.17, 15) is 5.26 Å². The van der Waals surface area contributed by atoms with Crippen LogP contribution in [0.5, 0.6) is 0 Å². The summed E-state index contributed by atoms with van der Waals surface area (Å²) >= 11 is 0. The Kier molecular flexibility index (Phi) is 19.0. The predicted octanol–water partition coefficient (Wildman–Crippen LogP) is 9.30. The third-order valence-electron chi connectivity index (χ3n) is 6.04. The molecule has 1 heteroatoms. The van der Waals surface area contributed by atoms with Crippen LogP contribution in [0.1, 0.15) is 129 Å². The van der Waals surface area contributed by atoms with E-state index >= 15 is 0 Å². The van der Waals surface area contributed by atoms with Gasteiger partial charge in [-0.15, -0.1) is 13.2 Å². The lowest BCUT2D eigenvalue weighted by Crippen LogP contribution is -2.17. The predicted molar refractivity (Wildman–Crippen MR) is 122 cm³/mol. The van der Waals surface area contributed by atoms with E-state index in [4.69, 9.17) is 0 Å². The van der Waals surface area contributed by atoms with Gasteiger partial charge in [-0.3, -0.25) is 0 Å². The quantitative estimate of drug-likeness (QED) is 0.145. The van der Waals surface area contributed by atoms with E-state index in [1.807, 2.05) is 12.2 Å². The van der Waals surface area contributed by atoms with Crippen LogP contribution in [0, 0.1) is 16.7 Å². The standard InChI is InChI=1S/C26H47N/c1-4-7-9-11-13-15-17-19-21-23-26(6-3,25-27)24-22-20-18-16-14-12-10-8-5-2/h4-5H,1-2,6-24H2,3H3. The molecule has 27 heavy (non-hydrogen) atoms. The maximum absolute atomic E-state index is 9.76. The Labute approximate surface area is 171 Å². The van der Waals surface area contributed by atoms with E-state index in [1.54, 1.807) is 0 Å². The van der Waals surface area contributed by atoms with E-state index in [0.717, 1.165) is 32.1 Å². The summed E-state index contributed by atoms with van der Waals surface area (Å²) in [5, 5.41) is 9.76. The zero-order chi connectivity index (χ0) is 20.1. The van der Waals surface area contributed by atoms with Gasteiger partial charge in [-0.05, 0) is 44.9 Å². The van der Waals surface area contributed by atoms with E-state index in [1.165, 1.54) is 89.9 Å². The molecule has 0 saturated heterocycles. The van der Waals surface area contributed by atoms with Crippen LogP contribution in [-0.4, -0.2) is 0 Å². The fraction of sp³-hybridized carbons (Fsp3) is 0.808. The molecule has 0 aliphatic carbocycles. The molecule has 1 nitrogen and oxygen atoms in total. The van der Waals surface area contributed by atoms with Crippen molar-refractivity contribution in [1.82, 2.24) is 0 Å². The molecular formula is C26H47N. The molecule has 0 atom stereocenters. The van der Waals surface area contributed by atoms with Crippen LogP contribution in [0.25, 0.3) is 0 Å². The molecule has 0 unspecified atom stereocenters. The second-order valence-electron chi connectivity index (χ2n) is 8.35. The molecule has 0 spiro atoms. The molecule has 0 rings (SSSR count). The van der Waals surface area contributed by atoms with Crippen LogP contribution in [0.3, 0.4) is 0 Å². The van der Waals surface area contributed by atoms with Crippen LogP contribution in [0.4, 0.5) is 0 Å². The molecular weight excluding hydrogens is 326 g/mol. The first-order valence-corrected chi connectivity index (χ1v) is 11.9. The molecule has 0 aromatic carbocycles. The van der Waals surface area contributed by atoms with Gasteiger partial charge in [-0.2, -0.15) is 5.26 Å². The number of allylic oxidation sites excluding steroid dienone is 2. The van der Waals surface area contributed by atoms with Gasteiger partial charge in [0, 0.05) is 0 Å². The van der Waals surface area contributed by atoms with Gasteiger partial charge in [0.25, 0.3) is 0 Å². The second-order valence-corrected chi connectivity index (χ2v) is 8.35. The van der Waals surface area contributed by atoms with Gasteiger partial charge in [0.2, 0.25) is 0 Å². The SMILES string of the molecule is C=CCCCCCCCCCC(C#N)(CC)CCCCCCCCCC=C. The van der Waals surface area contributed by atoms with Crippen LogP contribution in [0.15, 0.2) is 25.3 Å². The van der Waals surface area contributed by atoms with Crippen LogP contribution >= 0.6 is 0 Å². The molecule has 0 aliphatic heterocycles. The van der Waals surface area contributed by atoms with Crippen molar-refractivity contribution in [3.8, 4) is 6.07 Å². The van der Waals surface area contributed by atoms with Crippen LogP contribution in [-0.2, 0) is 0 Å². The minimum atomic E-state index is -0.0477. The third kappa shape index (κ3) is 15.7. The summed E-state index contributed by atoms with van der Waals surface area (Å²) in [5.74, 6) is 0. The van der Waals surface area contributed by atoms with Crippen molar-refractivity contribution in [3.63, 3.8) is 0 Å². The van der Waals surface area contributed by atoms with Crippen molar-refractivity contribution < 1.29 is 0 Å². The zero-order valence-corrected chi connectivity index (χ0v) is 18.5. The van der Waals surface area contributed by atoms with Gasteiger partial charge < -0.3 is 0 Å². The first-order chi connectivity index (χ1) is 13.2. The average molecular weight is 374 g/mol. The fourth-order valence-electron chi connectivity index (χ4n) is 3.94. The normalized spacial score (nSPS) is 11.3. The smallest absolute Gasteiger partial charge is 0.0689 e. The molecule has 0 heterocycles. The first-order valence-electron chi connectivity index (χ1n) is 11.9. The lowest BCUT2D eigenvalue weighted by molar-refractivity contribution is 0.296. The Bertz CT molecular complexity index is 350. The highest BCUT2D eigenvalue weighted by Crippen LogP contribution is 2.34. The van der Waals surface area contributed by atoms with Gasteiger partial charge in [0.1, 0.15) is 0 Å². The van der Waals surface area contributed by atoms with Gasteiger partial charge in [-0.1, -0.05) is 96.1 Å². The lowest BCUT2D eigenvalue weighted by Gasteiger charge is -2.25. The lowest BCUT2D eigenvalue weighted by atomic mass is 9.77. The molecule has 0 fully saturated rings. The Morgan fingerprint density at radius 3 is 1.26 bits per heavy atom. The number of hydrogen-bond donors (Lipinski definition) is 0. The molecule has 0 aliphatic rings. The average Bonchev–Trinajstić information content (AvgIpc) is 2.70. The maximum atomic E-state index is 9.76. The highest BCUT2D eigenvalue weighted by atomic mass is 14.4. The first kappa shape index (κ1) is 26.0. The summed E-state index contributed by atoms with van der Waals surface area (Å²) in [6.07, 6.45) is 28.1. The Morgan fingerprint density at radius 2 is 0.963 bits per heavy atom. The minimum absolute atomic E-state index is 0.0477. The number of hydrogen-bond acceptors (Lipinski definition) is 1. The maximum Gasteiger partial charge on any atom is 0.0689 e. The molecule has 0 aromatic heterocycles. The number of unbranched alkanes of at least 4 members (excludes halogenated alkanes) is 14. The van der Waals surface area contributed by atoms with Crippen molar-refractivity contribution >= 4 is 0 Å². The van der Waals surface area contributed by atoms with Crippen LogP contribution < -0.4 is 0 Å². The van der Waals surface area contributed by atoms with E-state index in [2.05, 4.69) is 26.2 Å². The van der Waals surface area contributed by atoms with Crippen molar-refractivity contribution in [3.05, 3.63) is 25.3 Å². The number of rotatable bonds is 21. The monoisotopic (exact) mass is 373 g/mol. The van der Waals surface area contributed by atoms with Crippen LogP contribution in [0.2, 0.25) is 0 Å². The van der Waals surface area contributed by atoms with Gasteiger partial charge in [0.05, 0.1) is 11.5 Å². The zero-order valence-electron chi connectivity index (χ0n) is 18.5. The largest absolute Gasteiger partial charge is 0.198 e. The Hall–Kier alpha value is -1.03. The molecule has 0 radical (unpaired) electrons. The van der Waals surface area contributed by atoms with E-state index in [-0.39, 0.29) is 5.41 Å². The molecule has 0 bridgehead atoms. The Balaban J connectivity index is 3.71. The van der Waals surface area contributed by atoms with Crippen molar-refractivity contribution in [1.29, 1.82) is 5.26 Å². The van der Waals surface area contributed by atoms with E-state index in [0.29, 0.717) is 0 Å². The van der Waals surface area contributed by atoms with Crippen molar-refractivity contribution in [2.75, 3.05) is 0 Å². The summed E-state index contributed by atoms with van der Waals surface area (Å²) in [5.41, 5.74) is -0.0477. The molecule has 0 N–H and O–H groups in total. The molecule has 0 saturated carbocycles. The van der Waals surface area contributed by atoms with E-state index < -0.39 is 0 Å². The molecule has 0 amide bonds. The number of nitrogens with zero attached hydrogens (tertiary/aromatic N) is 1. The second kappa shape index (κ2) is 19.7.